The normalized spacial score (nSPS) is 32.4. The van der Waals surface area contributed by atoms with Gasteiger partial charge < -0.3 is 25.4 Å². The Balaban J connectivity index is 2.10. The van der Waals surface area contributed by atoms with Gasteiger partial charge >= 0.3 is 0 Å². The summed E-state index contributed by atoms with van der Waals surface area (Å²) >= 11 is 0. The number of nitrogens with two attached hydrogens (primary N) is 1. The molecule has 0 amide bonds. The maximum atomic E-state index is 11.0. The lowest BCUT2D eigenvalue weighted by Crippen LogP contribution is -2.52. The van der Waals surface area contributed by atoms with Crippen LogP contribution in [0.15, 0.2) is 18.5 Å². The number of nitriles is 1. The number of ether oxygens (including phenoxy) is 2. The molecule has 0 unspecified atom stereocenters. The summed E-state index contributed by atoms with van der Waals surface area (Å²) in [5.74, 6) is 0.229. The lowest BCUT2D eigenvalue weighted by Gasteiger charge is -2.33. The van der Waals surface area contributed by atoms with Crippen LogP contribution in [0.3, 0.4) is 0 Å². The average Bonchev–Trinajstić information content (AvgIpc) is 3.07. The van der Waals surface area contributed by atoms with Crippen molar-refractivity contribution in [2.45, 2.75) is 50.3 Å². The summed E-state index contributed by atoms with van der Waals surface area (Å²) in [5.41, 5.74) is 2.83. The molecule has 25 heavy (non-hydrogen) atoms. The summed E-state index contributed by atoms with van der Waals surface area (Å²) in [6.07, 6.45) is -1.03. The Morgan fingerprint density at radius 1 is 1.52 bits per heavy atom. The van der Waals surface area contributed by atoms with E-state index in [0.29, 0.717) is 5.52 Å². The second kappa shape index (κ2) is 5.93. The van der Waals surface area contributed by atoms with E-state index in [1.807, 2.05) is 19.9 Å². The standard InChI is InChI=1S/C16H21N5O4/c1-9(2)24-6-11-13(22)15(3,23)16(7-17,25-11)12-5-4-10-14(18)19-8-20-21(10)12/h4-5,8-9,11,13,22-23H,6H2,1-3H3,(H2,18,19,20)/t11-,13-,15-,16+/m1/s1. The Kier molecular flexibility index (Phi) is 4.17. The number of nitrogens with zero attached hydrogens (tertiary/aromatic N) is 4. The SMILES string of the molecule is CC(C)OC[C@H]1O[C@@](C#N)(c2ccc3c(N)ncnn23)[C@](C)(O)[C@@H]1O. The Hall–Kier alpha value is -2.25. The molecule has 134 valence electrons. The smallest absolute Gasteiger partial charge is 0.228 e. The van der Waals surface area contributed by atoms with Crippen LogP contribution in [0.2, 0.25) is 0 Å². The van der Waals surface area contributed by atoms with Gasteiger partial charge in [-0.05, 0) is 32.9 Å². The maximum absolute atomic E-state index is 11.0. The highest BCUT2D eigenvalue weighted by atomic mass is 16.6. The fourth-order valence-electron chi connectivity index (χ4n) is 3.13. The second-order valence-corrected chi connectivity index (χ2v) is 6.58. The number of fused-ring (bicyclic) bond motifs is 1. The minimum absolute atomic E-state index is 0.0405. The molecule has 0 radical (unpaired) electrons. The monoisotopic (exact) mass is 347 g/mol. The minimum atomic E-state index is -1.89. The van der Waals surface area contributed by atoms with Crippen LogP contribution < -0.4 is 5.73 Å². The molecular weight excluding hydrogens is 326 g/mol. The van der Waals surface area contributed by atoms with Gasteiger partial charge in [0.25, 0.3) is 0 Å². The molecule has 9 nitrogen and oxygen atoms in total. The first-order valence-corrected chi connectivity index (χ1v) is 7.94. The molecule has 0 aromatic carbocycles. The molecule has 2 aromatic heterocycles. The van der Waals surface area contributed by atoms with E-state index in [9.17, 15) is 15.5 Å². The molecular formula is C16H21N5O4. The van der Waals surface area contributed by atoms with Gasteiger partial charge in [0.1, 0.15) is 35.7 Å². The van der Waals surface area contributed by atoms with Crippen molar-refractivity contribution in [1.82, 2.24) is 14.6 Å². The lowest BCUT2D eigenvalue weighted by molar-refractivity contribution is -0.112. The molecule has 0 aliphatic carbocycles. The molecule has 9 heteroatoms. The largest absolute Gasteiger partial charge is 0.387 e. The highest BCUT2D eigenvalue weighted by Gasteiger charge is 2.65. The summed E-state index contributed by atoms with van der Waals surface area (Å²) < 4.78 is 12.7. The predicted molar refractivity (Wildman–Crippen MR) is 87.3 cm³/mol. The third kappa shape index (κ3) is 2.46. The van der Waals surface area contributed by atoms with Crippen molar-refractivity contribution >= 4 is 11.3 Å². The molecule has 1 fully saturated rings. The van der Waals surface area contributed by atoms with E-state index >= 15 is 0 Å². The molecule has 3 heterocycles. The molecule has 3 rings (SSSR count). The zero-order chi connectivity index (χ0) is 18.4. The first kappa shape index (κ1) is 17.6. The Labute approximate surface area is 144 Å². The zero-order valence-corrected chi connectivity index (χ0v) is 14.2. The van der Waals surface area contributed by atoms with Gasteiger partial charge in [-0.15, -0.1) is 0 Å². The Bertz CT molecular complexity index is 828. The van der Waals surface area contributed by atoms with E-state index in [4.69, 9.17) is 15.2 Å². The number of aliphatic hydroxyl groups excluding tert-OH is 1. The number of anilines is 1. The van der Waals surface area contributed by atoms with Crippen LogP contribution in [0.25, 0.3) is 5.52 Å². The van der Waals surface area contributed by atoms with E-state index in [1.54, 1.807) is 12.1 Å². The van der Waals surface area contributed by atoms with Crippen molar-refractivity contribution in [3.8, 4) is 6.07 Å². The van der Waals surface area contributed by atoms with Crippen molar-refractivity contribution in [2.24, 2.45) is 0 Å². The van der Waals surface area contributed by atoms with Crippen LogP contribution in [0, 0.1) is 11.3 Å². The molecule has 1 aliphatic rings. The summed E-state index contributed by atoms with van der Waals surface area (Å²) in [4.78, 5) is 3.90. The minimum Gasteiger partial charge on any atom is -0.387 e. The van der Waals surface area contributed by atoms with Gasteiger partial charge in [0.05, 0.1) is 18.4 Å². The molecule has 0 saturated carbocycles. The third-order valence-corrected chi connectivity index (χ3v) is 4.56. The molecule has 4 N–H and O–H groups in total. The Morgan fingerprint density at radius 2 is 2.24 bits per heavy atom. The maximum Gasteiger partial charge on any atom is 0.228 e. The molecule has 2 aromatic rings. The summed E-state index contributed by atoms with van der Waals surface area (Å²) in [6.45, 7) is 5.09. The number of aliphatic hydroxyl groups is 2. The van der Waals surface area contributed by atoms with E-state index in [1.165, 1.54) is 17.8 Å². The highest BCUT2D eigenvalue weighted by Crippen LogP contribution is 2.47. The number of hydrogen-bond donors (Lipinski definition) is 3. The number of nitrogen functional groups attached to an aromatic ring is 1. The van der Waals surface area contributed by atoms with Crippen LogP contribution in [-0.2, 0) is 15.1 Å². The molecule has 1 saturated heterocycles. The molecule has 4 atom stereocenters. The summed E-state index contributed by atoms with van der Waals surface area (Å²) in [6, 6.07) is 5.23. The number of aromatic nitrogens is 3. The first-order valence-electron chi connectivity index (χ1n) is 7.94. The lowest BCUT2D eigenvalue weighted by atomic mass is 9.80. The molecule has 1 aliphatic heterocycles. The van der Waals surface area contributed by atoms with Crippen LogP contribution >= 0.6 is 0 Å². The number of hydrogen-bond acceptors (Lipinski definition) is 8. The van der Waals surface area contributed by atoms with Gasteiger partial charge in [-0.2, -0.15) is 10.4 Å². The van der Waals surface area contributed by atoms with E-state index in [0.717, 1.165) is 0 Å². The highest BCUT2D eigenvalue weighted by molar-refractivity contribution is 5.66. The van der Waals surface area contributed by atoms with Gasteiger partial charge in [-0.1, -0.05) is 0 Å². The van der Waals surface area contributed by atoms with Crippen molar-refractivity contribution in [3.05, 3.63) is 24.2 Å². The quantitative estimate of drug-likeness (QED) is 0.700. The van der Waals surface area contributed by atoms with Gasteiger partial charge in [-0.3, -0.25) is 0 Å². The van der Waals surface area contributed by atoms with Crippen molar-refractivity contribution < 1.29 is 19.7 Å². The van der Waals surface area contributed by atoms with Gasteiger partial charge in [0.15, 0.2) is 5.82 Å². The second-order valence-electron chi connectivity index (χ2n) is 6.58. The third-order valence-electron chi connectivity index (χ3n) is 4.56. The van der Waals surface area contributed by atoms with Crippen LogP contribution in [0.4, 0.5) is 5.82 Å². The van der Waals surface area contributed by atoms with Crippen LogP contribution in [0.1, 0.15) is 26.5 Å². The van der Waals surface area contributed by atoms with Crippen molar-refractivity contribution in [1.29, 1.82) is 5.26 Å². The van der Waals surface area contributed by atoms with Crippen LogP contribution in [-0.4, -0.2) is 55.3 Å². The van der Waals surface area contributed by atoms with Gasteiger partial charge in [0, 0.05) is 0 Å². The Morgan fingerprint density at radius 3 is 2.88 bits per heavy atom. The predicted octanol–water partition coefficient (Wildman–Crippen LogP) is -0.0339. The van der Waals surface area contributed by atoms with E-state index in [-0.39, 0.29) is 24.2 Å². The fraction of sp³-hybridized carbons (Fsp3) is 0.562. The summed E-state index contributed by atoms with van der Waals surface area (Å²) in [7, 11) is 0. The molecule has 0 bridgehead atoms. The fourth-order valence-corrected chi connectivity index (χ4v) is 3.13. The van der Waals surface area contributed by atoms with E-state index < -0.39 is 23.4 Å². The van der Waals surface area contributed by atoms with Crippen LogP contribution in [0.5, 0.6) is 0 Å². The molecule has 0 spiro atoms. The number of rotatable bonds is 4. The average molecular weight is 347 g/mol. The topological polar surface area (TPSA) is 139 Å². The van der Waals surface area contributed by atoms with Crippen molar-refractivity contribution in [2.75, 3.05) is 12.3 Å². The summed E-state index contributed by atoms with van der Waals surface area (Å²) in [5, 5.41) is 35.5. The van der Waals surface area contributed by atoms with Gasteiger partial charge in [0.2, 0.25) is 5.60 Å². The van der Waals surface area contributed by atoms with Gasteiger partial charge in [-0.25, -0.2) is 9.50 Å². The first-order chi connectivity index (χ1) is 11.7. The zero-order valence-electron chi connectivity index (χ0n) is 14.2. The van der Waals surface area contributed by atoms with E-state index in [2.05, 4.69) is 10.1 Å². The van der Waals surface area contributed by atoms with Crippen molar-refractivity contribution in [3.63, 3.8) is 0 Å².